The minimum Gasteiger partial charge on any atom is -0.487 e. The lowest BCUT2D eigenvalue weighted by atomic mass is 10.2. The van der Waals surface area contributed by atoms with Crippen molar-refractivity contribution in [1.29, 1.82) is 0 Å². The number of aromatic nitrogens is 1. The molecule has 1 saturated heterocycles. The lowest BCUT2D eigenvalue weighted by Gasteiger charge is -2.13. The highest BCUT2D eigenvalue weighted by Crippen LogP contribution is 2.36. The molecule has 1 aromatic heterocycles. The molecule has 1 fully saturated rings. The van der Waals surface area contributed by atoms with Crippen LogP contribution in [-0.4, -0.2) is 23.8 Å². The molecule has 0 radical (unpaired) electrons. The molecule has 1 aromatic carbocycles. The second-order valence-electron chi connectivity index (χ2n) is 4.60. The normalized spacial score (nSPS) is 22.2. The Bertz CT molecular complexity index is 613. The highest BCUT2D eigenvalue weighted by molar-refractivity contribution is 14.1. The van der Waals surface area contributed by atoms with Gasteiger partial charge in [0.1, 0.15) is 17.7 Å². The van der Waals surface area contributed by atoms with E-state index in [4.69, 9.17) is 21.1 Å². The van der Waals surface area contributed by atoms with E-state index in [0.717, 1.165) is 26.8 Å². The molecule has 3 nitrogen and oxygen atoms in total. The van der Waals surface area contributed by atoms with Crippen LogP contribution >= 0.6 is 34.2 Å². The summed E-state index contributed by atoms with van der Waals surface area (Å²) in [7, 11) is 0. The predicted molar refractivity (Wildman–Crippen MR) is 79.3 cm³/mol. The third-order valence-corrected chi connectivity index (χ3v) is 4.02. The molecule has 94 valence electrons. The second kappa shape index (κ2) is 4.51. The van der Waals surface area contributed by atoms with E-state index in [0.29, 0.717) is 11.6 Å². The first-order valence-electron chi connectivity index (χ1n) is 5.59. The number of nitrogens with zero attached hydrogens (tertiary/aromatic N) is 1. The van der Waals surface area contributed by atoms with Crippen molar-refractivity contribution in [3.8, 4) is 5.75 Å². The molecule has 0 spiro atoms. The summed E-state index contributed by atoms with van der Waals surface area (Å²) >= 11 is 8.43. The molecule has 1 aliphatic heterocycles. The number of ether oxygens (including phenoxy) is 2. The Morgan fingerprint density at radius 3 is 3.11 bits per heavy atom. The molecule has 2 heterocycles. The summed E-state index contributed by atoms with van der Waals surface area (Å²) in [6.07, 6.45) is 1.75. The number of hydrogen-bond acceptors (Lipinski definition) is 3. The van der Waals surface area contributed by atoms with E-state index < -0.39 is 0 Å². The highest BCUT2D eigenvalue weighted by atomic mass is 127. The van der Waals surface area contributed by atoms with Gasteiger partial charge in [-0.2, -0.15) is 0 Å². The third-order valence-electron chi connectivity index (χ3n) is 2.91. The van der Waals surface area contributed by atoms with E-state index in [1.807, 2.05) is 25.1 Å². The van der Waals surface area contributed by atoms with Crippen molar-refractivity contribution in [1.82, 2.24) is 4.98 Å². The van der Waals surface area contributed by atoms with Gasteiger partial charge in [-0.05, 0) is 47.7 Å². The van der Waals surface area contributed by atoms with E-state index in [9.17, 15) is 0 Å². The maximum Gasteiger partial charge on any atom is 0.159 e. The molecule has 5 heteroatoms. The van der Waals surface area contributed by atoms with Crippen molar-refractivity contribution in [3.05, 3.63) is 33.0 Å². The topological polar surface area (TPSA) is 34.6 Å². The Kier molecular flexibility index (Phi) is 3.11. The van der Waals surface area contributed by atoms with Crippen LogP contribution in [-0.2, 0) is 4.74 Å². The van der Waals surface area contributed by atoms with Crippen LogP contribution in [0.2, 0.25) is 5.02 Å². The van der Waals surface area contributed by atoms with Crippen LogP contribution in [0.4, 0.5) is 0 Å². The summed E-state index contributed by atoms with van der Waals surface area (Å²) in [5, 5.41) is 1.61. The maximum absolute atomic E-state index is 6.21. The Morgan fingerprint density at radius 2 is 2.39 bits per heavy atom. The lowest BCUT2D eigenvalue weighted by Crippen LogP contribution is -2.17. The van der Waals surface area contributed by atoms with Gasteiger partial charge in [-0.1, -0.05) is 11.6 Å². The number of rotatable bonds is 3. The first kappa shape index (κ1) is 12.4. The van der Waals surface area contributed by atoms with E-state index in [1.165, 1.54) is 0 Å². The van der Waals surface area contributed by atoms with Crippen molar-refractivity contribution in [3.63, 3.8) is 0 Å². The van der Waals surface area contributed by atoms with Crippen LogP contribution in [0.25, 0.3) is 10.9 Å². The van der Waals surface area contributed by atoms with Gasteiger partial charge in [0.05, 0.1) is 15.2 Å². The Balaban J connectivity index is 2.03. The highest BCUT2D eigenvalue weighted by Gasteiger charge is 2.40. The molecular formula is C13H11ClINO2. The number of epoxide rings is 1. The van der Waals surface area contributed by atoms with E-state index in [-0.39, 0.29) is 5.60 Å². The van der Waals surface area contributed by atoms with Crippen LogP contribution in [0, 0.1) is 3.57 Å². The van der Waals surface area contributed by atoms with Gasteiger partial charge in [0.15, 0.2) is 5.75 Å². The molecule has 2 aromatic rings. The van der Waals surface area contributed by atoms with Crippen LogP contribution in [0.15, 0.2) is 24.4 Å². The number of pyridine rings is 1. The van der Waals surface area contributed by atoms with E-state index >= 15 is 0 Å². The van der Waals surface area contributed by atoms with Crippen molar-refractivity contribution in [2.45, 2.75) is 12.5 Å². The second-order valence-corrected chi connectivity index (χ2v) is 6.17. The van der Waals surface area contributed by atoms with Crippen LogP contribution in [0.3, 0.4) is 0 Å². The first-order chi connectivity index (χ1) is 8.59. The molecule has 0 aliphatic carbocycles. The molecular weight excluding hydrogens is 365 g/mol. The Morgan fingerprint density at radius 1 is 1.61 bits per heavy atom. The van der Waals surface area contributed by atoms with Crippen molar-refractivity contribution in [2.75, 3.05) is 13.2 Å². The van der Waals surface area contributed by atoms with Gasteiger partial charge in [0.25, 0.3) is 0 Å². The van der Waals surface area contributed by atoms with E-state index in [1.54, 1.807) is 6.20 Å². The molecule has 0 amide bonds. The molecule has 18 heavy (non-hydrogen) atoms. The predicted octanol–water partition coefficient (Wildman–Crippen LogP) is 3.66. The number of fused-ring (bicyclic) bond motifs is 1. The van der Waals surface area contributed by atoms with Crippen LogP contribution in [0.1, 0.15) is 6.92 Å². The minimum atomic E-state index is -0.135. The number of hydrogen-bond donors (Lipinski definition) is 0. The smallest absolute Gasteiger partial charge is 0.159 e. The van der Waals surface area contributed by atoms with Crippen molar-refractivity contribution in [2.24, 2.45) is 0 Å². The largest absolute Gasteiger partial charge is 0.487 e. The summed E-state index contributed by atoms with van der Waals surface area (Å²) in [5.74, 6) is 0.785. The fraction of sp³-hybridized carbons (Fsp3) is 0.308. The monoisotopic (exact) mass is 375 g/mol. The summed E-state index contributed by atoms with van der Waals surface area (Å²) in [4.78, 5) is 4.37. The van der Waals surface area contributed by atoms with Gasteiger partial charge in [-0.15, -0.1) is 0 Å². The summed E-state index contributed by atoms with van der Waals surface area (Å²) in [6.45, 7) is 3.32. The standard InChI is InChI=1S/C13H11ClINO2/c1-13(7-18-13)6-17-12-10(15)5-9(14)8-3-2-4-16-11(8)12/h2-5H,6-7H2,1H3. The van der Waals surface area contributed by atoms with Gasteiger partial charge in [-0.3, -0.25) is 4.98 Å². The summed E-state index contributed by atoms with van der Waals surface area (Å²) in [5.41, 5.74) is 0.669. The van der Waals surface area contributed by atoms with Gasteiger partial charge < -0.3 is 9.47 Å². The average molecular weight is 376 g/mol. The number of halogens is 2. The molecule has 1 unspecified atom stereocenters. The fourth-order valence-electron chi connectivity index (χ4n) is 1.72. The zero-order valence-electron chi connectivity index (χ0n) is 9.74. The summed E-state index contributed by atoms with van der Waals surface area (Å²) < 4.78 is 12.2. The zero-order valence-corrected chi connectivity index (χ0v) is 12.7. The van der Waals surface area contributed by atoms with Crippen LogP contribution in [0.5, 0.6) is 5.75 Å². The SMILES string of the molecule is CC1(COc2c(I)cc(Cl)c3cccnc23)CO1. The van der Waals surface area contributed by atoms with Gasteiger partial charge in [-0.25, -0.2) is 0 Å². The van der Waals surface area contributed by atoms with Gasteiger partial charge in [0, 0.05) is 11.6 Å². The van der Waals surface area contributed by atoms with Crippen molar-refractivity contribution >= 4 is 45.1 Å². The molecule has 3 rings (SSSR count). The molecule has 1 aliphatic rings. The Labute approximate surface area is 124 Å². The minimum absolute atomic E-state index is 0.135. The molecule has 0 N–H and O–H groups in total. The van der Waals surface area contributed by atoms with E-state index in [2.05, 4.69) is 27.6 Å². The molecule has 0 saturated carbocycles. The third kappa shape index (κ3) is 2.29. The average Bonchev–Trinajstić information content (AvgIpc) is 3.07. The van der Waals surface area contributed by atoms with Gasteiger partial charge >= 0.3 is 0 Å². The zero-order chi connectivity index (χ0) is 12.8. The Hall–Kier alpha value is -0.590. The molecule has 1 atom stereocenters. The molecule has 0 bridgehead atoms. The fourth-order valence-corrected chi connectivity index (χ4v) is 2.88. The number of benzene rings is 1. The van der Waals surface area contributed by atoms with Gasteiger partial charge in [0.2, 0.25) is 0 Å². The quantitative estimate of drug-likeness (QED) is 0.606. The lowest BCUT2D eigenvalue weighted by molar-refractivity contribution is 0.203. The first-order valence-corrected chi connectivity index (χ1v) is 7.04. The van der Waals surface area contributed by atoms with Crippen molar-refractivity contribution < 1.29 is 9.47 Å². The summed E-state index contributed by atoms with van der Waals surface area (Å²) in [6, 6.07) is 5.72. The maximum atomic E-state index is 6.21. The van der Waals surface area contributed by atoms with Crippen LogP contribution < -0.4 is 4.74 Å².